The molecule has 0 fully saturated rings. The molecule has 0 aliphatic carbocycles. The van der Waals surface area contributed by atoms with Gasteiger partial charge in [-0.05, 0) is 36.8 Å². The zero-order valence-corrected chi connectivity index (χ0v) is 17.6. The maximum Gasteiger partial charge on any atom is 0.306 e. The van der Waals surface area contributed by atoms with E-state index in [2.05, 4.69) is 5.32 Å². The van der Waals surface area contributed by atoms with E-state index < -0.39 is 28.5 Å². The summed E-state index contributed by atoms with van der Waals surface area (Å²) in [5.41, 5.74) is 1.05. The lowest BCUT2D eigenvalue weighted by atomic mass is 10.2. The van der Waals surface area contributed by atoms with Gasteiger partial charge in [0.15, 0.2) is 6.61 Å². The van der Waals surface area contributed by atoms with Crippen molar-refractivity contribution in [3.05, 3.63) is 47.9 Å². The number of nitrogens with zero attached hydrogens (tertiary/aromatic N) is 1. The van der Waals surface area contributed by atoms with E-state index in [-0.39, 0.29) is 11.3 Å². The third kappa shape index (κ3) is 6.16. The van der Waals surface area contributed by atoms with Crippen LogP contribution in [-0.4, -0.2) is 44.3 Å². The molecule has 1 aromatic heterocycles. The summed E-state index contributed by atoms with van der Waals surface area (Å²) in [7, 11) is -3.64. The minimum atomic E-state index is -3.64. The number of rotatable bonds is 10. The second-order valence-electron chi connectivity index (χ2n) is 6.35. The number of sulfonamides is 1. The van der Waals surface area contributed by atoms with E-state index in [0.29, 0.717) is 36.5 Å². The number of anilines is 1. The second kappa shape index (κ2) is 10.2. The number of hydrogen-bond donors (Lipinski definition) is 1. The standard InChI is InChI=1S/C20H26N2O6S/c1-4-22(5-2)29(25,26)17-10-8-15(3)18(13-17)21-19(23)14-28-20(24)11-9-16-7-6-12-27-16/h6-8,10,12-13H,4-5,9,11,14H2,1-3H3,(H,21,23). The highest BCUT2D eigenvalue weighted by Crippen LogP contribution is 2.23. The predicted octanol–water partition coefficient (Wildman–Crippen LogP) is 2.73. The molecule has 0 radical (unpaired) electrons. The molecule has 0 aliphatic rings. The van der Waals surface area contributed by atoms with Crippen LogP contribution < -0.4 is 5.32 Å². The average Bonchev–Trinajstić information content (AvgIpc) is 3.20. The van der Waals surface area contributed by atoms with Crippen LogP contribution >= 0.6 is 0 Å². The van der Waals surface area contributed by atoms with E-state index in [1.807, 2.05) is 0 Å². The smallest absolute Gasteiger partial charge is 0.306 e. The fraction of sp³-hybridized carbons (Fsp3) is 0.400. The Kier molecular flexibility index (Phi) is 7.98. The molecule has 0 spiro atoms. The lowest BCUT2D eigenvalue weighted by Crippen LogP contribution is -2.30. The summed E-state index contributed by atoms with van der Waals surface area (Å²) in [4.78, 5) is 24.0. The van der Waals surface area contributed by atoms with Gasteiger partial charge in [0, 0.05) is 25.2 Å². The molecule has 2 rings (SSSR count). The van der Waals surface area contributed by atoms with Crippen LogP contribution in [-0.2, 0) is 30.8 Å². The summed E-state index contributed by atoms with van der Waals surface area (Å²) >= 11 is 0. The molecule has 2 aromatic rings. The first-order chi connectivity index (χ1) is 13.8. The summed E-state index contributed by atoms with van der Waals surface area (Å²) in [6.45, 7) is 5.52. The Morgan fingerprint density at radius 1 is 1.17 bits per heavy atom. The minimum Gasteiger partial charge on any atom is -0.469 e. The van der Waals surface area contributed by atoms with Gasteiger partial charge < -0.3 is 14.5 Å². The van der Waals surface area contributed by atoms with Crippen molar-refractivity contribution in [2.75, 3.05) is 25.0 Å². The molecular weight excluding hydrogens is 396 g/mol. The zero-order valence-electron chi connectivity index (χ0n) is 16.8. The number of ether oxygens (including phenoxy) is 1. The molecule has 0 saturated carbocycles. The zero-order chi connectivity index (χ0) is 21.4. The lowest BCUT2D eigenvalue weighted by Gasteiger charge is -2.19. The number of nitrogens with one attached hydrogen (secondary N) is 1. The first kappa shape index (κ1) is 22.6. The molecule has 0 unspecified atom stereocenters. The Hall–Kier alpha value is -2.65. The van der Waals surface area contributed by atoms with Gasteiger partial charge in [-0.2, -0.15) is 4.31 Å². The fourth-order valence-electron chi connectivity index (χ4n) is 2.69. The van der Waals surface area contributed by atoms with Gasteiger partial charge in [-0.15, -0.1) is 0 Å². The van der Waals surface area contributed by atoms with Crippen LogP contribution in [0.15, 0.2) is 45.9 Å². The fourth-order valence-corrected chi connectivity index (χ4v) is 4.18. The first-order valence-corrected chi connectivity index (χ1v) is 10.8. The van der Waals surface area contributed by atoms with Gasteiger partial charge in [-0.3, -0.25) is 9.59 Å². The molecule has 1 N–H and O–H groups in total. The number of furan rings is 1. The SMILES string of the molecule is CCN(CC)S(=O)(=O)c1ccc(C)c(NC(=O)COC(=O)CCc2ccco2)c1. The van der Waals surface area contributed by atoms with E-state index >= 15 is 0 Å². The van der Waals surface area contributed by atoms with E-state index in [1.54, 1.807) is 39.0 Å². The number of amides is 1. The van der Waals surface area contributed by atoms with Crippen molar-refractivity contribution in [1.29, 1.82) is 0 Å². The van der Waals surface area contributed by atoms with Crippen LogP contribution in [0.2, 0.25) is 0 Å². The Bertz CT molecular complexity index is 934. The van der Waals surface area contributed by atoms with Crippen LogP contribution in [0.1, 0.15) is 31.6 Å². The van der Waals surface area contributed by atoms with Gasteiger partial charge in [0.1, 0.15) is 5.76 Å². The van der Waals surface area contributed by atoms with Crippen molar-refractivity contribution < 1.29 is 27.2 Å². The van der Waals surface area contributed by atoms with Crippen molar-refractivity contribution in [3.8, 4) is 0 Å². The molecular formula is C20H26N2O6S. The highest BCUT2D eigenvalue weighted by atomic mass is 32.2. The van der Waals surface area contributed by atoms with Crippen molar-refractivity contribution >= 4 is 27.6 Å². The van der Waals surface area contributed by atoms with Crippen LogP contribution in [0.5, 0.6) is 0 Å². The third-order valence-corrected chi connectivity index (χ3v) is 6.39. The largest absolute Gasteiger partial charge is 0.469 e. The van der Waals surface area contributed by atoms with Crippen LogP contribution in [0.3, 0.4) is 0 Å². The molecule has 0 bridgehead atoms. The van der Waals surface area contributed by atoms with E-state index in [1.165, 1.54) is 22.7 Å². The van der Waals surface area contributed by atoms with Gasteiger partial charge in [0.25, 0.3) is 5.91 Å². The molecule has 9 heteroatoms. The summed E-state index contributed by atoms with van der Waals surface area (Å²) in [6, 6.07) is 8.03. The predicted molar refractivity (Wildman–Crippen MR) is 108 cm³/mol. The van der Waals surface area contributed by atoms with Gasteiger partial charge in [0.2, 0.25) is 10.0 Å². The first-order valence-electron chi connectivity index (χ1n) is 9.36. The Morgan fingerprint density at radius 2 is 1.90 bits per heavy atom. The molecule has 0 saturated heterocycles. The lowest BCUT2D eigenvalue weighted by molar-refractivity contribution is -0.147. The Labute approximate surface area is 170 Å². The number of hydrogen-bond acceptors (Lipinski definition) is 6. The second-order valence-corrected chi connectivity index (χ2v) is 8.29. The van der Waals surface area contributed by atoms with Crippen molar-refractivity contribution in [1.82, 2.24) is 4.31 Å². The minimum absolute atomic E-state index is 0.0947. The van der Waals surface area contributed by atoms with Crippen molar-refractivity contribution in [2.45, 2.75) is 38.5 Å². The molecule has 0 aliphatic heterocycles. The third-order valence-electron chi connectivity index (χ3n) is 4.35. The summed E-state index contributed by atoms with van der Waals surface area (Å²) in [5, 5.41) is 2.61. The molecule has 1 amide bonds. The molecule has 29 heavy (non-hydrogen) atoms. The number of benzene rings is 1. The topological polar surface area (TPSA) is 106 Å². The summed E-state index contributed by atoms with van der Waals surface area (Å²) < 4.78 is 36.8. The quantitative estimate of drug-likeness (QED) is 0.590. The van der Waals surface area contributed by atoms with Crippen LogP contribution in [0.4, 0.5) is 5.69 Å². The number of esters is 1. The van der Waals surface area contributed by atoms with Gasteiger partial charge in [-0.25, -0.2) is 8.42 Å². The van der Waals surface area contributed by atoms with E-state index in [0.717, 1.165) is 0 Å². The highest BCUT2D eigenvalue weighted by Gasteiger charge is 2.22. The van der Waals surface area contributed by atoms with Crippen LogP contribution in [0, 0.1) is 6.92 Å². The van der Waals surface area contributed by atoms with Gasteiger partial charge in [-0.1, -0.05) is 19.9 Å². The van der Waals surface area contributed by atoms with E-state index in [9.17, 15) is 18.0 Å². The number of carbonyl (C=O) groups excluding carboxylic acids is 2. The maximum absolute atomic E-state index is 12.7. The Balaban J connectivity index is 1.96. The highest BCUT2D eigenvalue weighted by molar-refractivity contribution is 7.89. The molecule has 158 valence electrons. The monoisotopic (exact) mass is 422 g/mol. The summed E-state index contributed by atoms with van der Waals surface area (Å²) in [6.07, 6.45) is 2.00. The Morgan fingerprint density at radius 3 is 2.52 bits per heavy atom. The molecule has 8 nitrogen and oxygen atoms in total. The van der Waals surface area contributed by atoms with Gasteiger partial charge in [0.05, 0.1) is 17.6 Å². The van der Waals surface area contributed by atoms with Crippen molar-refractivity contribution in [2.24, 2.45) is 0 Å². The molecule has 0 atom stereocenters. The number of carbonyl (C=O) groups is 2. The van der Waals surface area contributed by atoms with Gasteiger partial charge >= 0.3 is 5.97 Å². The van der Waals surface area contributed by atoms with E-state index in [4.69, 9.17) is 9.15 Å². The summed E-state index contributed by atoms with van der Waals surface area (Å²) in [5.74, 6) is -0.406. The maximum atomic E-state index is 12.7. The number of aryl methyl sites for hydroxylation is 2. The molecule has 1 heterocycles. The van der Waals surface area contributed by atoms with Crippen LogP contribution in [0.25, 0.3) is 0 Å². The average molecular weight is 423 g/mol. The normalized spacial score (nSPS) is 11.4. The van der Waals surface area contributed by atoms with Crippen molar-refractivity contribution in [3.63, 3.8) is 0 Å². The molecule has 1 aromatic carbocycles.